The third-order valence-electron chi connectivity index (χ3n) is 3.33. The van der Waals surface area contributed by atoms with Crippen LogP contribution in [0.1, 0.15) is 50.1 Å². The number of fused-ring (bicyclic) bond motifs is 1. The van der Waals surface area contributed by atoms with Crippen LogP contribution in [0.3, 0.4) is 0 Å². The lowest BCUT2D eigenvalue weighted by Gasteiger charge is -2.22. The summed E-state index contributed by atoms with van der Waals surface area (Å²) in [6.45, 7) is 11.4. The normalized spacial score (nSPS) is 14.0. The monoisotopic (exact) mass is 260 g/mol. The van der Waals surface area contributed by atoms with Gasteiger partial charge in [0.1, 0.15) is 5.52 Å². The summed E-state index contributed by atoms with van der Waals surface area (Å²) < 4.78 is 5.96. The minimum atomic E-state index is 0.187. The van der Waals surface area contributed by atoms with Crippen LogP contribution >= 0.6 is 0 Å². The molecule has 0 bridgehead atoms. The molecule has 2 rings (SSSR count). The van der Waals surface area contributed by atoms with Crippen LogP contribution < -0.4 is 5.73 Å². The fourth-order valence-corrected chi connectivity index (χ4v) is 2.58. The van der Waals surface area contributed by atoms with Crippen LogP contribution in [-0.4, -0.2) is 11.5 Å². The summed E-state index contributed by atoms with van der Waals surface area (Å²) in [4.78, 5) is 4.64. The van der Waals surface area contributed by atoms with Gasteiger partial charge in [-0.25, -0.2) is 4.98 Å². The molecule has 3 heteroatoms. The van der Waals surface area contributed by atoms with Crippen LogP contribution in [0.2, 0.25) is 0 Å². The van der Waals surface area contributed by atoms with E-state index in [0.29, 0.717) is 6.54 Å². The highest BCUT2D eigenvalue weighted by molar-refractivity contribution is 5.77. The minimum absolute atomic E-state index is 0.187. The van der Waals surface area contributed by atoms with E-state index in [0.717, 1.165) is 29.0 Å². The largest absolute Gasteiger partial charge is 0.440 e. The SMILES string of the molecule is Cc1cc(C)c2oc(C(CN)CC(C)(C)C)nc2c1. The molecule has 0 saturated carbocycles. The van der Waals surface area contributed by atoms with Crippen molar-refractivity contribution in [1.82, 2.24) is 4.98 Å². The molecule has 1 atom stereocenters. The summed E-state index contributed by atoms with van der Waals surface area (Å²) >= 11 is 0. The molecule has 0 spiro atoms. The molecule has 0 radical (unpaired) electrons. The smallest absolute Gasteiger partial charge is 0.199 e. The lowest BCUT2D eigenvalue weighted by Crippen LogP contribution is -2.19. The molecule has 104 valence electrons. The van der Waals surface area contributed by atoms with Crippen molar-refractivity contribution in [3.63, 3.8) is 0 Å². The van der Waals surface area contributed by atoms with Gasteiger partial charge in [-0.15, -0.1) is 0 Å². The highest BCUT2D eigenvalue weighted by Gasteiger charge is 2.23. The van der Waals surface area contributed by atoms with E-state index < -0.39 is 0 Å². The van der Waals surface area contributed by atoms with Gasteiger partial charge in [-0.2, -0.15) is 0 Å². The average molecular weight is 260 g/mol. The van der Waals surface area contributed by atoms with E-state index in [4.69, 9.17) is 10.2 Å². The number of aryl methyl sites for hydroxylation is 2. The van der Waals surface area contributed by atoms with Gasteiger partial charge in [-0.1, -0.05) is 26.8 Å². The van der Waals surface area contributed by atoms with E-state index in [1.54, 1.807) is 0 Å². The van der Waals surface area contributed by atoms with Crippen molar-refractivity contribution in [3.8, 4) is 0 Å². The Morgan fingerprint density at radius 1 is 1.26 bits per heavy atom. The number of aromatic nitrogens is 1. The van der Waals surface area contributed by atoms with E-state index in [1.165, 1.54) is 5.56 Å². The molecular formula is C16H24N2O. The molecule has 0 saturated heterocycles. The number of nitrogens with zero attached hydrogens (tertiary/aromatic N) is 1. The number of benzene rings is 1. The summed E-state index contributed by atoms with van der Waals surface area (Å²) in [6.07, 6.45) is 0.981. The number of hydrogen-bond acceptors (Lipinski definition) is 3. The Balaban J connectivity index is 2.42. The van der Waals surface area contributed by atoms with Gasteiger partial charge >= 0.3 is 0 Å². The van der Waals surface area contributed by atoms with Crippen LogP contribution in [0.5, 0.6) is 0 Å². The maximum atomic E-state index is 5.96. The topological polar surface area (TPSA) is 52.0 Å². The first kappa shape index (κ1) is 14.1. The molecule has 2 aromatic rings. The molecule has 19 heavy (non-hydrogen) atoms. The first-order valence-electron chi connectivity index (χ1n) is 6.88. The second kappa shape index (κ2) is 4.97. The lowest BCUT2D eigenvalue weighted by molar-refractivity contribution is 0.314. The average Bonchev–Trinajstić information content (AvgIpc) is 2.68. The van der Waals surface area contributed by atoms with Crippen LogP contribution in [0.25, 0.3) is 11.1 Å². The molecule has 2 N–H and O–H groups in total. The van der Waals surface area contributed by atoms with Gasteiger partial charge in [0.2, 0.25) is 0 Å². The lowest BCUT2D eigenvalue weighted by atomic mass is 9.84. The van der Waals surface area contributed by atoms with E-state index in [2.05, 4.69) is 51.7 Å². The molecule has 0 fully saturated rings. The van der Waals surface area contributed by atoms with Crippen molar-refractivity contribution < 1.29 is 4.42 Å². The van der Waals surface area contributed by atoms with E-state index in [-0.39, 0.29) is 11.3 Å². The van der Waals surface area contributed by atoms with Gasteiger partial charge in [-0.05, 0) is 42.9 Å². The van der Waals surface area contributed by atoms with Crippen LogP contribution in [0.15, 0.2) is 16.5 Å². The number of nitrogens with two attached hydrogens (primary N) is 1. The first-order valence-corrected chi connectivity index (χ1v) is 6.88. The number of rotatable bonds is 3. The summed E-state index contributed by atoms with van der Waals surface area (Å²) in [5.41, 5.74) is 10.3. The van der Waals surface area contributed by atoms with Crippen molar-refractivity contribution in [2.24, 2.45) is 11.1 Å². The molecule has 0 amide bonds. The Morgan fingerprint density at radius 3 is 2.53 bits per heavy atom. The second-order valence-electron chi connectivity index (χ2n) is 6.68. The van der Waals surface area contributed by atoms with Crippen LogP contribution in [0.4, 0.5) is 0 Å². The third kappa shape index (κ3) is 3.16. The van der Waals surface area contributed by atoms with Crippen molar-refractivity contribution in [2.75, 3.05) is 6.54 Å². The molecule has 1 aromatic carbocycles. The predicted molar refractivity (Wildman–Crippen MR) is 79.4 cm³/mol. The summed E-state index contributed by atoms with van der Waals surface area (Å²) in [7, 11) is 0. The highest BCUT2D eigenvalue weighted by Crippen LogP contribution is 2.32. The van der Waals surface area contributed by atoms with E-state index >= 15 is 0 Å². The van der Waals surface area contributed by atoms with E-state index in [1.807, 2.05) is 0 Å². The molecule has 1 unspecified atom stereocenters. The molecule has 0 aliphatic heterocycles. The quantitative estimate of drug-likeness (QED) is 0.910. The maximum Gasteiger partial charge on any atom is 0.199 e. The van der Waals surface area contributed by atoms with E-state index in [9.17, 15) is 0 Å². The van der Waals surface area contributed by atoms with Crippen molar-refractivity contribution in [3.05, 3.63) is 29.2 Å². The number of oxazole rings is 1. The zero-order valence-electron chi connectivity index (χ0n) is 12.6. The Bertz CT molecular complexity index is 578. The summed E-state index contributed by atoms with van der Waals surface area (Å²) in [5, 5.41) is 0. The fourth-order valence-electron chi connectivity index (χ4n) is 2.58. The summed E-state index contributed by atoms with van der Waals surface area (Å²) in [6, 6.07) is 4.19. The van der Waals surface area contributed by atoms with Gasteiger partial charge in [0.25, 0.3) is 0 Å². The standard InChI is InChI=1S/C16H24N2O/c1-10-6-11(2)14-13(7-10)18-15(19-14)12(9-17)8-16(3,4)5/h6-7,12H,8-9,17H2,1-5H3. The Kier molecular flexibility index (Phi) is 3.68. The Morgan fingerprint density at radius 2 is 1.95 bits per heavy atom. The van der Waals surface area contributed by atoms with Crippen molar-refractivity contribution >= 4 is 11.1 Å². The van der Waals surface area contributed by atoms with Crippen LogP contribution in [0, 0.1) is 19.3 Å². The highest BCUT2D eigenvalue weighted by atomic mass is 16.3. The zero-order chi connectivity index (χ0) is 14.2. The molecule has 0 aliphatic carbocycles. The predicted octanol–water partition coefficient (Wildman–Crippen LogP) is 3.92. The molecule has 1 aromatic heterocycles. The second-order valence-corrected chi connectivity index (χ2v) is 6.68. The molecule has 1 heterocycles. The summed E-state index contributed by atoms with van der Waals surface area (Å²) in [5.74, 6) is 0.966. The van der Waals surface area contributed by atoms with Crippen molar-refractivity contribution in [2.45, 2.75) is 47.0 Å². The Hall–Kier alpha value is -1.35. The third-order valence-corrected chi connectivity index (χ3v) is 3.33. The van der Waals surface area contributed by atoms with Gasteiger partial charge in [0.05, 0.1) is 0 Å². The van der Waals surface area contributed by atoms with Crippen LogP contribution in [-0.2, 0) is 0 Å². The molecular weight excluding hydrogens is 236 g/mol. The number of hydrogen-bond donors (Lipinski definition) is 1. The Labute approximate surface area is 115 Å². The van der Waals surface area contributed by atoms with Gasteiger partial charge in [-0.3, -0.25) is 0 Å². The fraction of sp³-hybridized carbons (Fsp3) is 0.562. The molecule has 0 aliphatic rings. The zero-order valence-corrected chi connectivity index (χ0v) is 12.6. The van der Waals surface area contributed by atoms with Gasteiger partial charge in [0, 0.05) is 12.5 Å². The van der Waals surface area contributed by atoms with Gasteiger partial charge in [0.15, 0.2) is 11.5 Å². The van der Waals surface area contributed by atoms with Crippen molar-refractivity contribution in [1.29, 1.82) is 0 Å². The maximum absolute atomic E-state index is 5.96. The van der Waals surface area contributed by atoms with Gasteiger partial charge < -0.3 is 10.2 Å². The first-order chi connectivity index (χ1) is 8.80. The minimum Gasteiger partial charge on any atom is -0.440 e. The molecule has 3 nitrogen and oxygen atoms in total.